The number of esters is 2. The molecule has 2 fully saturated rings. The molecule has 12 aromatic rings. The van der Waals surface area contributed by atoms with E-state index in [0.29, 0.717) is 45.6 Å². The van der Waals surface area contributed by atoms with Crippen LogP contribution in [0.15, 0.2) is 255 Å². The number of unbranched alkanes of at least 4 members (excludes halogenated alkanes) is 8. The van der Waals surface area contributed by atoms with E-state index in [2.05, 4.69) is 222 Å². The molecule has 0 spiro atoms. The predicted molar refractivity (Wildman–Crippen MR) is 446 cm³/mol. The summed E-state index contributed by atoms with van der Waals surface area (Å²) >= 11 is 0. The van der Waals surface area contributed by atoms with Gasteiger partial charge >= 0.3 is 11.9 Å². The Labute approximate surface area is 631 Å². The van der Waals surface area contributed by atoms with E-state index in [1.54, 1.807) is 0 Å². The highest BCUT2D eigenvalue weighted by Crippen LogP contribution is 2.48. The number of aryl methyl sites for hydroxylation is 2. The van der Waals surface area contributed by atoms with Crippen molar-refractivity contribution in [1.29, 1.82) is 0 Å². The minimum Gasteiger partial charge on any atom is -0.422 e. The van der Waals surface area contributed by atoms with Crippen LogP contribution in [0, 0.1) is 11.8 Å². The predicted octanol–water partition coefficient (Wildman–Crippen LogP) is 29.3. The van der Waals surface area contributed by atoms with Crippen molar-refractivity contribution >= 4 is 33.5 Å². The standard InChI is InChI=1S/C102H106O4/c1-5-9-11-13-15-19-73-25-33-77(34-26-73)79-37-41-83(42-38-79)85-53-57-89(58-54-85)101(103)105-97-67-63-93-69-91(87-49-45-81(46-50-87)75-29-21-71(17-7-3)22-30-75)61-65-95(93)99(97)100-96-66-62-92(88-51-47-82(48-52-88)76-31-23-72(18-8-4)24-32-76)70-94(96)64-68-98(100)106-102(104)90-59-55-86(56-60-90)84-43-39-80(40-44-84)78-35-27-74(28-36-78)20-16-14-12-10-6-2/h25-28,33-72,75-76H,5-24,29-32H2,1-4H3. The molecule has 0 aromatic heterocycles. The van der Waals surface area contributed by atoms with Crippen LogP contribution < -0.4 is 9.47 Å². The second kappa shape index (κ2) is 35.5. The van der Waals surface area contributed by atoms with E-state index >= 15 is 0 Å². The maximum Gasteiger partial charge on any atom is 0.343 e. The molecular weight excluding hydrogens is 1290 g/mol. The van der Waals surface area contributed by atoms with Crippen molar-refractivity contribution in [3.05, 3.63) is 288 Å². The summed E-state index contributed by atoms with van der Waals surface area (Å²) in [4.78, 5) is 30.0. The first kappa shape index (κ1) is 73.0. The van der Waals surface area contributed by atoms with E-state index < -0.39 is 11.9 Å². The molecular formula is C102H106O4. The van der Waals surface area contributed by atoms with Crippen molar-refractivity contribution in [2.75, 3.05) is 0 Å². The summed E-state index contributed by atoms with van der Waals surface area (Å²) in [6, 6.07) is 90.5. The molecule has 0 saturated heterocycles. The highest BCUT2D eigenvalue weighted by Gasteiger charge is 2.27. The Balaban J connectivity index is 0.786. The zero-order chi connectivity index (χ0) is 72.6. The third-order valence-corrected chi connectivity index (χ3v) is 23.5. The highest BCUT2D eigenvalue weighted by molar-refractivity contribution is 6.12. The van der Waals surface area contributed by atoms with Crippen LogP contribution in [0.5, 0.6) is 11.5 Å². The van der Waals surface area contributed by atoms with Gasteiger partial charge in [-0.3, -0.25) is 0 Å². The molecule has 2 saturated carbocycles. The van der Waals surface area contributed by atoms with Crippen LogP contribution in [-0.4, -0.2) is 11.9 Å². The lowest BCUT2D eigenvalue weighted by molar-refractivity contribution is 0.0723. The molecule has 0 N–H and O–H groups in total. The Hall–Kier alpha value is -9.90. The average Bonchev–Trinajstić information content (AvgIpc) is 0.742. The number of hydrogen-bond acceptors (Lipinski definition) is 4. The quantitative estimate of drug-likeness (QED) is 0.0266. The second-order valence-electron chi connectivity index (χ2n) is 30.8. The molecule has 14 rings (SSSR count). The molecule has 2 aliphatic rings. The van der Waals surface area contributed by atoms with Crippen molar-refractivity contribution in [2.24, 2.45) is 11.8 Å². The molecule has 538 valence electrons. The number of rotatable bonds is 29. The van der Waals surface area contributed by atoms with Crippen molar-refractivity contribution in [3.63, 3.8) is 0 Å². The molecule has 0 heterocycles. The summed E-state index contributed by atoms with van der Waals surface area (Å²) in [5.41, 5.74) is 21.1. The van der Waals surface area contributed by atoms with Gasteiger partial charge in [-0.05, 0) is 260 Å². The van der Waals surface area contributed by atoms with E-state index in [1.807, 2.05) is 60.7 Å². The summed E-state index contributed by atoms with van der Waals surface area (Å²) in [6.45, 7) is 9.15. The minimum absolute atomic E-state index is 0.358. The number of carbonyl (C=O) groups excluding carboxylic acids is 2. The summed E-state index contributed by atoms with van der Waals surface area (Å²) in [6.07, 6.45) is 30.5. The summed E-state index contributed by atoms with van der Waals surface area (Å²) < 4.78 is 13.5. The minimum atomic E-state index is -0.492. The van der Waals surface area contributed by atoms with Gasteiger partial charge in [0.15, 0.2) is 0 Å². The fraction of sp³-hybridized carbons (Fsp3) is 0.314. The molecule has 4 heteroatoms. The maximum absolute atomic E-state index is 15.0. The first-order valence-corrected chi connectivity index (χ1v) is 40.5. The Kier molecular flexibility index (Phi) is 24.4. The molecule has 0 bridgehead atoms. The molecule has 0 amide bonds. The van der Waals surface area contributed by atoms with Crippen molar-refractivity contribution < 1.29 is 19.1 Å². The van der Waals surface area contributed by atoms with Crippen molar-refractivity contribution in [1.82, 2.24) is 0 Å². The zero-order valence-electron chi connectivity index (χ0n) is 63.2. The molecule has 0 atom stereocenters. The number of benzene rings is 12. The van der Waals surface area contributed by atoms with Gasteiger partial charge in [0.05, 0.1) is 11.1 Å². The Morgan fingerprint density at radius 3 is 0.887 bits per heavy atom. The number of fused-ring (bicyclic) bond motifs is 2. The Morgan fingerprint density at radius 2 is 0.566 bits per heavy atom. The molecule has 0 radical (unpaired) electrons. The van der Waals surface area contributed by atoms with E-state index in [1.165, 1.54) is 186 Å². The van der Waals surface area contributed by atoms with Crippen LogP contribution >= 0.6 is 0 Å². The van der Waals surface area contributed by atoms with Gasteiger partial charge in [0.25, 0.3) is 0 Å². The number of carbonyl (C=O) groups is 2. The Morgan fingerprint density at radius 1 is 0.283 bits per heavy atom. The second-order valence-corrected chi connectivity index (χ2v) is 30.8. The molecule has 0 unspecified atom stereocenters. The van der Waals surface area contributed by atoms with Crippen LogP contribution in [0.4, 0.5) is 0 Å². The van der Waals surface area contributed by atoms with Gasteiger partial charge in [-0.1, -0.05) is 311 Å². The van der Waals surface area contributed by atoms with E-state index in [0.717, 1.165) is 90.7 Å². The van der Waals surface area contributed by atoms with E-state index in [9.17, 15) is 9.59 Å². The lowest BCUT2D eigenvalue weighted by Gasteiger charge is -2.28. The first-order valence-electron chi connectivity index (χ1n) is 40.5. The fourth-order valence-corrected chi connectivity index (χ4v) is 17.2. The largest absolute Gasteiger partial charge is 0.422 e. The van der Waals surface area contributed by atoms with Gasteiger partial charge < -0.3 is 9.47 Å². The third kappa shape index (κ3) is 17.8. The van der Waals surface area contributed by atoms with Gasteiger partial charge in [0, 0.05) is 11.1 Å². The van der Waals surface area contributed by atoms with E-state index in [-0.39, 0.29) is 0 Å². The monoisotopic (exact) mass is 1390 g/mol. The molecule has 0 aliphatic heterocycles. The molecule has 2 aliphatic carbocycles. The van der Waals surface area contributed by atoms with Crippen LogP contribution in [0.25, 0.3) is 99.4 Å². The average molecular weight is 1400 g/mol. The number of ether oxygens (including phenoxy) is 2. The SMILES string of the molecule is CCCCCCCc1ccc(-c2ccc(-c3ccc(C(=O)Oc4ccc5cc(-c6ccc(C7CCC(CCC)CC7)cc6)ccc5c4-c4c(OC(=O)c5ccc(-c6ccc(-c7ccc(CCCCCCC)cc7)cc6)cc5)ccc5cc(-c6ccc(C7CCC(CCC)CC7)cc6)ccc45)cc3)cc2)cc1. The third-order valence-electron chi connectivity index (χ3n) is 23.5. The normalized spacial score (nSPS) is 15.9. The summed E-state index contributed by atoms with van der Waals surface area (Å²) in [5.74, 6) is 2.64. The van der Waals surface area contributed by atoms with Gasteiger partial charge in [0.1, 0.15) is 11.5 Å². The van der Waals surface area contributed by atoms with Crippen LogP contribution in [0.3, 0.4) is 0 Å². The zero-order valence-corrected chi connectivity index (χ0v) is 63.2. The number of hydrogen-bond donors (Lipinski definition) is 0. The fourth-order valence-electron chi connectivity index (χ4n) is 17.2. The molecule has 12 aromatic carbocycles. The van der Waals surface area contributed by atoms with Crippen molar-refractivity contribution in [3.8, 4) is 89.4 Å². The topological polar surface area (TPSA) is 52.6 Å². The molecule has 106 heavy (non-hydrogen) atoms. The van der Waals surface area contributed by atoms with Gasteiger partial charge in [-0.25, -0.2) is 9.59 Å². The van der Waals surface area contributed by atoms with Gasteiger partial charge in [-0.2, -0.15) is 0 Å². The van der Waals surface area contributed by atoms with Crippen LogP contribution in [0.1, 0.15) is 224 Å². The molecule has 4 nitrogen and oxygen atoms in total. The lowest BCUT2D eigenvalue weighted by atomic mass is 9.77. The van der Waals surface area contributed by atoms with Crippen LogP contribution in [0.2, 0.25) is 0 Å². The smallest absolute Gasteiger partial charge is 0.343 e. The van der Waals surface area contributed by atoms with E-state index in [4.69, 9.17) is 9.47 Å². The maximum atomic E-state index is 15.0. The van der Waals surface area contributed by atoms with Gasteiger partial charge in [-0.15, -0.1) is 0 Å². The van der Waals surface area contributed by atoms with Gasteiger partial charge in [0.2, 0.25) is 0 Å². The first-order chi connectivity index (χ1) is 52.1. The van der Waals surface area contributed by atoms with Crippen LogP contribution in [-0.2, 0) is 12.8 Å². The lowest BCUT2D eigenvalue weighted by Crippen LogP contribution is -2.13. The van der Waals surface area contributed by atoms with Crippen molar-refractivity contribution in [2.45, 2.75) is 194 Å². The Bertz CT molecular complexity index is 4540. The highest BCUT2D eigenvalue weighted by atomic mass is 16.5. The summed E-state index contributed by atoms with van der Waals surface area (Å²) in [5, 5.41) is 3.63. The summed E-state index contributed by atoms with van der Waals surface area (Å²) in [7, 11) is 0.